The monoisotopic (exact) mass is 336 g/mol. The molecule has 0 spiro atoms. The summed E-state index contributed by atoms with van der Waals surface area (Å²) in [5, 5.41) is 0. The Bertz CT molecular complexity index is 896. The average Bonchev–Trinajstić information content (AvgIpc) is 2.94. The summed E-state index contributed by atoms with van der Waals surface area (Å²) in [4.78, 5) is 23.5. The number of hydrogen-bond donors (Lipinski definition) is 0. The number of hydrogen-bond acceptors (Lipinski definition) is 3. The molecule has 0 atom stereocenters. The number of nitrogens with zero attached hydrogens (tertiary/aromatic N) is 4. The number of aryl methyl sites for hydroxylation is 2. The van der Waals surface area contributed by atoms with E-state index in [4.69, 9.17) is 4.98 Å². The van der Waals surface area contributed by atoms with Crippen molar-refractivity contribution in [3.63, 3.8) is 0 Å². The zero-order valence-electron chi connectivity index (χ0n) is 15.3. The zero-order valence-corrected chi connectivity index (χ0v) is 15.3. The maximum absolute atomic E-state index is 12.4. The largest absolute Gasteiger partial charge is 0.296 e. The second-order valence-corrected chi connectivity index (χ2v) is 6.41. The summed E-state index contributed by atoms with van der Waals surface area (Å²) in [5.74, 6) is 1.44. The molecule has 0 bridgehead atoms. The molecule has 0 aliphatic carbocycles. The smallest absolute Gasteiger partial charge is 0.236 e. The maximum atomic E-state index is 12.4. The highest BCUT2D eigenvalue weighted by molar-refractivity contribution is 5.95. The molecule has 2 heterocycles. The van der Waals surface area contributed by atoms with Gasteiger partial charge in [-0.3, -0.25) is 14.1 Å². The van der Waals surface area contributed by atoms with E-state index in [0.717, 1.165) is 35.6 Å². The van der Waals surface area contributed by atoms with E-state index in [2.05, 4.69) is 31.0 Å². The lowest BCUT2D eigenvalue weighted by Crippen LogP contribution is -2.31. The molecule has 0 aliphatic heterocycles. The molecule has 25 heavy (non-hydrogen) atoms. The van der Waals surface area contributed by atoms with Gasteiger partial charge in [0.2, 0.25) is 11.7 Å². The molecule has 2 aromatic heterocycles. The maximum Gasteiger partial charge on any atom is 0.236 e. The summed E-state index contributed by atoms with van der Waals surface area (Å²) in [6.07, 6.45) is 3.91. The van der Waals surface area contributed by atoms with E-state index >= 15 is 0 Å². The van der Waals surface area contributed by atoms with E-state index < -0.39 is 0 Å². The summed E-state index contributed by atoms with van der Waals surface area (Å²) in [5.41, 5.74) is 3.88. The first-order chi connectivity index (χ1) is 12.0. The number of anilines is 1. The fourth-order valence-corrected chi connectivity index (χ4v) is 2.90. The van der Waals surface area contributed by atoms with Gasteiger partial charge in [0.05, 0.1) is 0 Å². The van der Waals surface area contributed by atoms with E-state index in [1.54, 1.807) is 6.92 Å². The lowest BCUT2D eigenvalue weighted by Gasteiger charge is -2.21. The molecule has 0 radical (unpaired) electrons. The molecule has 5 nitrogen and oxygen atoms in total. The number of fused-ring (bicyclic) bond motifs is 1. The summed E-state index contributed by atoms with van der Waals surface area (Å²) in [6.45, 7) is 8.41. The molecule has 0 saturated carbocycles. The molecule has 5 heteroatoms. The molecule has 0 fully saturated rings. The second kappa shape index (κ2) is 7.05. The third-order valence-corrected chi connectivity index (χ3v) is 4.30. The van der Waals surface area contributed by atoms with Gasteiger partial charge >= 0.3 is 0 Å². The standard InChI is InChI=1S/C20H24N4O/c1-5-6-12-23(16(4)25)19-18(17-9-7-14(2)8-10-17)22-20-21-15(3)11-13-24(19)20/h7-11,13H,5-6,12H2,1-4H3. The van der Waals surface area contributed by atoms with Crippen LogP contribution in [0.1, 0.15) is 37.9 Å². The first kappa shape index (κ1) is 17.1. The van der Waals surface area contributed by atoms with Crippen molar-refractivity contribution >= 4 is 17.5 Å². The fraction of sp³-hybridized carbons (Fsp3) is 0.350. The van der Waals surface area contributed by atoms with Gasteiger partial charge in [-0.25, -0.2) is 9.97 Å². The normalized spacial score (nSPS) is 11.0. The average molecular weight is 336 g/mol. The Hall–Kier alpha value is -2.69. The van der Waals surface area contributed by atoms with E-state index in [-0.39, 0.29) is 5.91 Å². The van der Waals surface area contributed by atoms with Gasteiger partial charge in [0.25, 0.3) is 0 Å². The number of aromatic nitrogens is 3. The second-order valence-electron chi connectivity index (χ2n) is 6.41. The first-order valence-electron chi connectivity index (χ1n) is 8.72. The van der Waals surface area contributed by atoms with Gasteiger partial charge in [0.1, 0.15) is 11.5 Å². The van der Waals surface area contributed by atoms with E-state index in [1.165, 1.54) is 5.56 Å². The highest BCUT2D eigenvalue weighted by Gasteiger charge is 2.23. The lowest BCUT2D eigenvalue weighted by molar-refractivity contribution is -0.116. The van der Waals surface area contributed by atoms with Crippen molar-refractivity contribution in [1.82, 2.24) is 14.4 Å². The van der Waals surface area contributed by atoms with Crippen LogP contribution in [0.2, 0.25) is 0 Å². The van der Waals surface area contributed by atoms with Crippen LogP contribution >= 0.6 is 0 Å². The molecule has 0 saturated heterocycles. The highest BCUT2D eigenvalue weighted by Crippen LogP contribution is 2.32. The quantitative estimate of drug-likeness (QED) is 0.703. The van der Waals surface area contributed by atoms with Crippen molar-refractivity contribution in [1.29, 1.82) is 0 Å². The van der Waals surface area contributed by atoms with E-state index in [1.807, 2.05) is 40.6 Å². The van der Waals surface area contributed by atoms with Crippen LogP contribution in [-0.2, 0) is 4.79 Å². The van der Waals surface area contributed by atoms with Gasteiger partial charge < -0.3 is 0 Å². The van der Waals surface area contributed by atoms with Crippen LogP contribution in [0, 0.1) is 13.8 Å². The topological polar surface area (TPSA) is 50.5 Å². The molecule has 1 amide bonds. The number of amides is 1. The number of imidazole rings is 1. The van der Waals surface area contributed by atoms with Gasteiger partial charge in [-0.05, 0) is 26.3 Å². The molecular weight excluding hydrogens is 312 g/mol. The third-order valence-electron chi connectivity index (χ3n) is 4.30. The van der Waals surface area contributed by atoms with Crippen LogP contribution in [-0.4, -0.2) is 26.8 Å². The molecular formula is C20H24N4O. The number of unbranched alkanes of at least 4 members (excludes halogenated alkanes) is 1. The van der Waals surface area contributed by atoms with Gasteiger partial charge in [0.15, 0.2) is 0 Å². The van der Waals surface area contributed by atoms with Crippen LogP contribution in [0.3, 0.4) is 0 Å². The Morgan fingerprint density at radius 2 is 1.84 bits per heavy atom. The number of rotatable bonds is 5. The van der Waals surface area contributed by atoms with Gasteiger partial charge in [-0.15, -0.1) is 0 Å². The van der Waals surface area contributed by atoms with Gasteiger partial charge in [-0.2, -0.15) is 0 Å². The molecule has 1 aromatic carbocycles. The summed E-state index contributed by atoms with van der Waals surface area (Å²) < 4.78 is 1.92. The number of benzene rings is 1. The molecule has 130 valence electrons. The molecule has 0 aliphatic rings. The van der Waals surface area contributed by atoms with Crippen molar-refractivity contribution in [2.75, 3.05) is 11.4 Å². The fourth-order valence-electron chi connectivity index (χ4n) is 2.90. The van der Waals surface area contributed by atoms with Crippen LogP contribution in [0.15, 0.2) is 36.5 Å². The van der Waals surface area contributed by atoms with Crippen molar-refractivity contribution in [2.45, 2.75) is 40.5 Å². The SMILES string of the molecule is CCCCN(C(C)=O)c1c(-c2ccc(C)cc2)nc2nc(C)ccn12. The third kappa shape index (κ3) is 3.40. The summed E-state index contributed by atoms with van der Waals surface area (Å²) in [7, 11) is 0. The lowest BCUT2D eigenvalue weighted by atomic mass is 10.1. The molecule has 0 unspecified atom stereocenters. The molecule has 3 rings (SSSR count). The van der Waals surface area contributed by atoms with Crippen LogP contribution in [0.25, 0.3) is 17.0 Å². The molecule has 0 N–H and O–H groups in total. The Morgan fingerprint density at radius 3 is 2.48 bits per heavy atom. The first-order valence-corrected chi connectivity index (χ1v) is 8.72. The zero-order chi connectivity index (χ0) is 18.0. The Morgan fingerprint density at radius 1 is 1.12 bits per heavy atom. The summed E-state index contributed by atoms with van der Waals surface area (Å²) >= 11 is 0. The van der Waals surface area contributed by atoms with Crippen LogP contribution in [0.5, 0.6) is 0 Å². The van der Waals surface area contributed by atoms with Crippen LogP contribution < -0.4 is 4.90 Å². The minimum atomic E-state index is 0.0178. The van der Waals surface area contributed by atoms with Gasteiger partial charge in [0, 0.05) is 30.9 Å². The summed E-state index contributed by atoms with van der Waals surface area (Å²) in [6, 6.07) is 10.2. The number of carbonyl (C=O) groups is 1. The number of carbonyl (C=O) groups excluding carboxylic acids is 1. The van der Waals surface area contributed by atoms with Crippen molar-refractivity contribution < 1.29 is 4.79 Å². The minimum Gasteiger partial charge on any atom is -0.296 e. The van der Waals surface area contributed by atoms with Crippen molar-refractivity contribution in [3.05, 3.63) is 47.8 Å². The van der Waals surface area contributed by atoms with Crippen LogP contribution in [0.4, 0.5) is 5.82 Å². The Balaban J connectivity index is 2.23. The van der Waals surface area contributed by atoms with Gasteiger partial charge in [-0.1, -0.05) is 43.2 Å². The minimum absolute atomic E-state index is 0.0178. The van der Waals surface area contributed by atoms with Crippen molar-refractivity contribution in [2.24, 2.45) is 0 Å². The van der Waals surface area contributed by atoms with E-state index in [9.17, 15) is 4.79 Å². The predicted octanol–water partition coefficient (Wildman–Crippen LogP) is 4.17. The van der Waals surface area contributed by atoms with E-state index in [0.29, 0.717) is 12.3 Å². The predicted molar refractivity (Wildman–Crippen MR) is 101 cm³/mol. The Kier molecular flexibility index (Phi) is 4.83. The molecule has 3 aromatic rings. The van der Waals surface area contributed by atoms with Crippen molar-refractivity contribution in [3.8, 4) is 11.3 Å². The Labute approximate surface area is 148 Å². The highest BCUT2D eigenvalue weighted by atomic mass is 16.2.